The van der Waals surface area contributed by atoms with E-state index in [4.69, 9.17) is 9.47 Å². The molecule has 0 aromatic heterocycles. The van der Waals surface area contributed by atoms with Gasteiger partial charge in [-0.05, 0) is 31.2 Å². The summed E-state index contributed by atoms with van der Waals surface area (Å²) in [7, 11) is 1.53. The highest BCUT2D eigenvalue weighted by molar-refractivity contribution is 5.91. The first-order valence-electron chi connectivity index (χ1n) is 6.56. The van der Waals surface area contributed by atoms with Crippen LogP contribution >= 0.6 is 0 Å². The van der Waals surface area contributed by atoms with Crippen LogP contribution in [-0.4, -0.2) is 19.7 Å². The van der Waals surface area contributed by atoms with E-state index in [0.717, 1.165) is 11.1 Å². The third-order valence-corrected chi connectivity index (χ3v) is 3.05. The summed E-state index contributed by atoms with van der Waals surface area (Å²) < 4.78 is 10.3. The van der Waals surface area contributed by atoms with Gasteiger partial charge in [-0.25, -0.2) is 4.79 Å². The predicted molar refractivity (Wildman–Crippen MR) is 79.1 cm³/mol. The van der Waals surface area contributed by atoms with Crippen LogP contribution in [0.4, 0.5) is 0 Å². The van der Waals surface area contributed by atoms with Crippen molar-refractivity contribution in [3.63, 3.8) is 0 Å². The van der Waals surface area contributed by atoms with Gasteiger partial charge in [-0.1, -0.05) is 18.2 Å². The van der Waals surface area contributed by atoms with Crippen LogP contribution in [0.1, 0.15) is 22.8 Å². The molecular formula is C17H15NO3. The highest BCUT2D eigenvalue weighted by atomic mass is 16.5. The lowest BCUT2D eigenvalue weighted by Crippen LogP contribution is -2.05. The smallest absolute Gasteiger partial charge is 0.338 e. The van der Waals surface area contributed by atoms with Crippen molar-refractivity contribution >= 4 is 5.97 Å². The Bertz CT molecular complexity index is 701. The molecule has 0 saturated heterocycles. The van der Waals surface area contributed by atoms with Gasteiger partial charge in [0.2, 0.25) is 0 Å². The fourth-order valence-electron chi connectivity index (χ4n) is 2.07. The number of nitriles is 1. The van der Waals surface area contributed by atoms with Gasteiger partial charge in [-0.2, -0.15) is 5.26 Å². The molecule has 106 valence electrons. The first kappa shape index (κ1) is 14.6. The number of ether oxygens (including phenoxy) is 2. The lowest BCUT2D eigenvalue weighted by atomic mass is 9.98. The molecule has 0 aliphatic carbocycles. The number of benzene rings is 2. The molecular weight excluding hydrogens is 266 g/mol. The molecule has 0 fully saturated rings. The molecule has 0 bridgehead atoms. The van der Waals surface area contributed by atoms with E-state index in [1.165, 1.54) is 7.11 Å². The normalized spacial score (nSPS) is 9.76. The Morgan fingerprint density at radius 3 is 2.62 bits per heavy atom. The van der Waals surface area contributed by atoms with Crippen molar-refractivity contribution in [1.82, 2.24) is 0 Å². The molecule has 2 aromatic rings. The van der Waals surface area contributed by atoms with Crippen LogP contribution < -0.4 is 4.74 Å². The van der Waals surface area contributed by atoms with Gasteiger partial charge in [0.05, 0.1) is 30.9 Å². The summed E-state index contributed by atoms with van der Waals surface area (Å²) in [4.78, 5) is 11.8. The maximum atomic E-state index is 11.8. The number of rotatable bonds is 4. The summed E-state index contributed by atoms with van der Waals surface area (Å²) in [5.41, 5.74) is 2.52. The van der Waals surface area contributed by atoms with Crippen molar-refractivity contribution in [3.8, 4) is 22.9 Å². The fourth-order valence-corrected chi connectivity index (χ4v) is 2.07. The molecule has 0 amide bonds. The molecule has 0 unspecified atom stereocenters. The third-order valence-electron chi connectivity index (χ3n) is 3.05. The van der Waals surface area contributed by atoms with E-state index in [0.29, 0.717) is 23.5 Å². The highest BCUT2D eigenvalue weighted by Gasteiger charge is 2.14. The number of nitrogens with zero attached hydrogens (tertiary/aromatic N) is 1. The largest absolute Gasteiger partial charge is 0.496 e. The zero-order valence-corrected chi connectivity index (χ0v) is 11.9. The van der Waals surface area contributed by atoms with Crippen LogP contribution in [0.25, 0.3) is 11.1 Å². The lowest BCUT2D eigenvalue weighted by Gasteiger charge is -2.11. The summed E-state index contributed by atoms with van der Waals surface area (Å²) in [6.07, 6.45) is 0. The Kier molecular flexibility index (Phi) is 4.57. The molecule has 21 heavy (non-hydrogen) atoms. The van der Waals surface area contributed by atoms with Gasteiger partial charge in [0.1, 0.15) is 5.75 Å². The van der Waals surface area contributed by atoms with E-state index in [2.05, 4.69) is 6.07 Å². The van der Waals surface area contributed by atoms with Crippen LogP contribution in [0.15, 0.2) is 42.5 Å². The number of carbonyl (C=O) groups is 1. The van der Waals surface area contributed by atoms with Crippen molar-refractivity contribution in [3.05, 3.63) is 53.6 Å². The first-order chi connectivity index (χ1) is 10.2. The minimum atomic E-state index is -0.393. The second kappa shape index (κ2) is 6.58. The van der Waals surface area contributed by atoms with Crippen LogP contribution in [0.5, 0.6) is 5.75 Å². The van der Waals surface area contributed by atoms with Crippen molar-refractivity contribution in [1.29, 1.82) is 5.26 Å². The van der Waals surface area contributed by atoms with Crippen molar-refractivity contribution in [2.24, 2.45) is 0 Å². The standard InChI is InChI=1S/C17H15NO3/c1-3-21-17(19)12-8-9-15(16(10-12)20-2)14-7-5-4-6-13(14)11-18/h4-10H,3H2,1-2H3. The number of esters is 1. The average Bonchev–Trinajstić information content (AvgIpc) is 2.54. The molecule has 2 aromatic carbocycles. The van der Waals surface area contributed by atoms with Crippen molar-refractivity contribution in [2.45, 2.75) is 6.92 Å². The van der Waals surface area contributed by atoms with Gasteiger partial charge in [0, 0.05) is 11.1 Å². The summed E-state index contributed by atoms with van der Waals surface area (Å²) in [5.74, 6) is 0.138. The maximum absolute atomic E-state index is 11.8. The summed E-state index contributed by atoms with van der Waals surface area (Å²) in [6.45, 7) is 2.08. The van der Waals surface area contributed by atoms with Gasteiger partial charge >= 0.3 is 5.97 Å². The van der Waals surface area contributed by atoms with Crippen molar-refractivity contribution < 1.29 is 14.3 Å². The molecule has 4 heteroatoms. The molecule has 4 nitrogen and oxygen atoms in total. The Labute approximate surface area is 123 Å². The fraction of sp³-hybridized carbons (Fsp3) is 0.176. The van der Waals surface area contributed by atoms with Gasteiger partial charge in [0.15, 0.2) is 0 Å². The molecule has 2 rings (SSSR count). The number of hydrogen-bond acceptors (Lipinski definition) is 4. The second-order valence-electron chi connectivity index (χ2n) is 4.29. The SMILES string of the molecule is CCOC(=O)c1ccc(-c2ccccc2C#N)c(OC)c1. The number of methoxy groups -OCH3 is 1. The topological polar surface area (TPSA) is 59.3 Å². The summed E-state index contributed by atoms with van der Waals surface area (Å²) in [6, 6.07) is 14.5. The summed E-state index contributed by atoms with van der Waals surface area (Å²) >= 11 is 0. The van der Waals surface area contributed by atoms with E-state index < -0.39 is 5.97 Å². The minimum Gasteiger partial charge on any atom is -0.496 e. The van der Waals surface area contributed by atoms with Crippen LogP contribution in [0, 0.1) is 11.3 Å². The minimum absolute atomic E-state index is 0.320. The Hall–Kier alpha value is -2.80. The average molecular weight is 281 g/mol. The van der Waals surface area contributed by atoms with E-state index in [-0.39, 0.29) is 0 Å². The Morgan fingerprint density at radius 2 is 1.95 bits per heavy atom. The van der Waals surface area contributed by atoms with Gasteiger partial charge in [0.25, 0.3) is 0 Å². The quantitative estimate of drug-likeness (QED) is 0.806. The Morgan fingerprint density at radius 1 is 1.19 bits per heavy atom. The van der Waals surface area contributed by atoms with Gasteiger partial charge in [-0.15, -0.1) is 0 Å². The second-order valence-corrected chi connectivity index (χ2v) is 4.29. The Balaban J connectivity index is 2.51. The molecule has 0 aliphatic rings. The first-order valence-corrected chi connectivity index (χ1v) is 6.56. The number of hydrogen-bond donors (Lipinski definition) is 0. The lowest BCUT2D eigenvalue weighted by molar-refractivity contribution is 0.0526. The molecule has 0 radical (unpaired) electrons. The molecule has 0 spiro atoms. The van der Waals surface area contributed by atoms with E-state index in [1.807, 2.05) is 18.2 Å². The predicted octanol–water partition coefficient (Wildman–Crippen LogP) is 3.41. The summed E-state index contributed by atoms with van der Waals surface area (Å²) in [5, 5.41) is 9.19. The molecule has 0 saturated carbocycles. The van der Waals surface area contributed by atoms with Gasteiger partial charge < -0.3 is 9.47 Å². The molecule has 0 N–H and O–H groups in total. The van der Waals surface area contributed by atoms with Gasteiger partial charge in [-0.3, -0.25) is 0 Å². The molecule has 0 atom stereocenters. The zero-order chi connectivity index (χ0) is 15.2. The molecule has 0 aliphatic heterocycles. The van der Waals surface area contributed by atoms with E-state index in [9.17, 15) is 10.1 Å². The monoisotopic (exact) mass is 281 g/mol. The third kappa shape index (κ3) is 3.03. The molecule has 0 heterocycles. The maximum Gasteiger partial charge on any atom is 0.338 e. The van der Waals surface area contributed by atoms with E-state index >= 15 is 0 Å². The van der Waals surface area contributed by atoms with Crippen molar-refractivity contribution in [2.75, 3.05) is 13.7 Å². The van der Waals surface area contributed by atoms with Crippen LogP contribution in [0.3, 0.4) is 0 Å². The number of carbonyl (C=O) groups excluding carboxylic acids is 1. The highest BCUT2D eigenvalue weighted by Crippen LogP contribution is 2.33. The van der Waals surface area contributed by atoms with Crippen LogP contribution in [0.2, 0.25) is 0 Å². The van der Waals surface area contributed by atoms with E-state index in [1.54, 1.807) is 31.2 Å². The zero-order valence-electron chi connectivity index (χ0n) is 11.9. The van der Waals surface area contributed by atoms with Crippen LogP contribution in [-0.2, 0) is 4.74 Å².